The van der Waals surface area contributed by atoms with Crippen molar-refractivity contribution in [2.75, 3.05) is 7.11 Å². The highest BCUT2D eigenvalue weighted by Gasteiger charge is 2.04. The zero-order chi connectivity index (χ0) is 10.1. The minimum atomic E-state index is 0.925. The first-order chi connectivity index (χ1) is 6.76. The van der Waals surface area contributed by atoms with Gasteiger partial charge in [0.05, 0.1) is 7.11 Å². The summed E-state index contributed by atoms with van der Waals surface area (Å²) in [5, 5.41) is 1.28. The van der Waals surface area contributed by atoms with Crippen LogP contribution in [0, 0.1) is 6.92 Å². The Hall–Kier alpha value is -1.44. The van der Waals surface area contributed by atoms with Gasteiger partial charge in [0, 0.05) is 23.6 Å². The maximum atomic E-state index is 5.21. The largest absolute Gasteiger partial charge is 0.497 e. The number of ether oxygens (including phenoxy) is 1. The molecule has 0 aliphatic heterocycles. The van der Waals surface area contributed by atoms with Crippen LogP contribution in [0.25, 0.3) is 10.9 Å². The van der Waals surface area contributed by atoms with E-state index < -0.39 is 0 Å². The monoisotopic (exact) mass is 189 g/mol. The predicted molar refractivity (Wildman–Crippen MR) is 58.9 cm³/mol. The highest BCUT2D eigenvalue weighted by molar-refractivity contribution is 5.85. The van der Waals surface area contributed by atoms with Crippen LogP contribution in [0.3, 0.4) is 0 Å². The minimum Gasteiger partial charge on any atom is -0.497 e. The SMILES string of the molecule is CCn1cc(C)c2cc(OC)ccc21. The van der Waals surface area contributed by atoms with Gasteiger partial charge >= 0.3 is 0 Å². The lowest BCUT2D eigenvalue weighted by molar-refractivity contribution is 0.415. The summed E-state index contributed by atoms with van der Waals surface area (Å²) >= 11 is 0. The van der Waals surface area contributed by atoms with Crippen LogP contribution in [0.15, 0.2) is 24.4 Å². The molecule has 2 nitrogen and oxygen atoms in total. The van der Waals surface area contributed by atoms with Crippen LogP contribution in [0.1, 0.15) is 12.5 Å². The summed E-state index contributed by atoms with van der Waals surface area (Å²) < 4.78 is 7.46. The van der Waals surface area contributed by atoms with E-state index in [1.807, 2.05) is 6.07 Å². The third-order valence-electron chi connectivity index (χ3n) is 2.63. The molecule has 1 aromatic heterocycles. The molecule has 74 valence electrons. The molecule has 0 unspecified atom stereocenters. The molecule has 0 saturated heterocycles. The molecule has 0 saturated carbocycles. The van der Waals surface area contributed by atoms with Crippen molar-refractivity contribution in [3.8, 4) is 5.75 Å². The molecular formula is C12H15NO. The Morgan fingerprint density at radius 1 is 1.36 bits per heavy atom. The van der Waals surface area contributed by atoms with Crippen molar-refractivity contribution >= 4 is 10.9 Å². The molecule has 0 aliphatic rings. The molecule has 1 heterocycles. The lowest BCUT2D eigenvalue weighted by Crippen LogP contribution is -1.90. The van der Waals surface area contributed by atoms with Crippen molar-refractivity contribution in [3.63, 3.8) is 0 Å². The zero-order valence-corrected chi connectivity index (χ0v) is 8.87. The van der Waals surface area contributed by atoms with Crippen molar-refractivity contribution in [1.82, 2.24) is 4.57 Å². The molecule has 0 N–H and O–H groups in total. The van der Waals surface area contributed by atoms with Gasteiger partial charge in [0.25, 0.3) is 0 Å². The molecule has 1 aromatic carbocycles. The van der Waals surface area contributed by atoms with Gasteiger partial charge in [-0.25, -0.2) is 0 Å². The van der Waals surface area contributed by atoms with Gasteiger partial charge in [-0.2, -0.15) is 0 Å². The smallest absolute Gasteiger partial charge is 0.119 e. The molecule has 0 aliphatic carbocycles. The van der Waals surface area contributed by atoms with Crippen LogP contribution in [-0.2, 0) is 6.54 Å². The van der Waals surface area contributed by atoms with E-state index in [4.69, 9.17) is 4.74 Å². The van der Waals surface area contributed by atoms with Gasteiger partial charge in [0.2, 0.25) is 0 Å². The first-order valence-electron chi connectivity index (χ1n) is 4.89. The van der Waals surface area contributed by atoms with Crippen molar-refractivity contribution in [1.29, 1.82) is 0 Å². The highest BCUT2D eigenvalue weighted by atomic mass is 16.5. The molecule has 2 rings (SSSR count). The van der Waals surface area contributed by atoms with Gasteiger partial charge in [-0.1, -0.05) is 0 Å². The Balaban J connectivity index is 2.70. The quantitative estimate of drug-likeness (QED) is 0.708. The fourth-order valence-corrected chi connectivity index (χ4v) is 1.84. The third kappa shape index (κ3) is 1.27. The van der Waals surface area contributed by atoms with Crippen molar-refractivity contribution < 1.29 is 4.74 Å². The minimum absolute atomic E-state index is 0.925. The standard InChI is InChI=1S/C12H15NO/c1-4-13-8-9(2)11-7-10(14-3)5-6-12(11)13/h5-8H,4H2,1-3H3. The van der Waals surface area contributed by atoms with Crippen LogP contribution in [0.4, 0.5) is 0 Å². The number of aromatic nitrogens is 1. The Morgan fingerprint density at radius 2 is 2.14 bits per heavy atom. The van der Waals surface area contributed by atoms with Crippen LogP contribution in [-0.4, -0.2) is 11.7 Å². The summed E-state index contributed by atoms with van der Waals surface area (Å²) in [5.41, 5.74) is 2.59. The number of benzene rings is 1. The Kier molecular flexibility index (Phi) is 2.20. The summed E-state index contributed by atoms with van der Waals surface area (Å²) in [6.45, 7) is 5.30. The lowest BCUT2D eigenvalue weighted by Gasteiger charge is -2.02. The Morgan fingerprint density at radius 3 is 2.79 bits per heavy atom. The van der Waals surface area contributed by atoms with Crippen molar-refractivity contribution in [3.05, 3.63) is 30.0 Å². The van der Waals surface area contributed by atoms with Crippen LogP contribution < -0.4 is 4.74 Å². The maximum Gasteiger partial charge on any atom is 0.119 e. The van der Waals surface area contributed by atoms with Crippen LogP contribution in [0.2, 0.25) is 0 Å². The van der Waals surface area contributed by atoms with Gasteiger partial charge in [0.1, 0.15) is 5.75 Å². The summed E-state index contributed by atoms with van der Waals surface area (Å²) in [7, 11) is 1.70. The third-order valence-corrected chi connectivity index (χ3v) is 2.63. The summed E-state index contributed by atoms with van der Waals surface area (Å²) in [6.07, 6.45) is 2.18. The van der Waals surface area contributed by atoms with Crippen LogP contribution >= 0.6 is 0 Å². The van der Waals surface area contributed by atoms with E-state index in [9.17, 15) is 0 Å². The second kappa shape index (κ2) is 3.37. The number of fused-ring (bicyclic) bond motifs is 1. The van der Waals surface area contributed by atoms with Crippen molar-refractivity contribution in [2.24, 2.45) is 0 Å². The number of nitrogens with zero attached hydrogens (tertiary/aromatic N) is 1. The second-order valence-corrected chi connectivity index (χ2v) is 3.48. The van der Waals surface area contributed by atoms with E-state index in [2.05, 4.69) is 36.7 Å². The summed E-state index contributed by atoms with van der Waals surface area (Å²) in [5.74, 6) is 0.925. The molecule has 2 heteroatoms. The molecular weight excluding hydrogens is 174 g/mol. The first-order valence-corrected chi connectivity index (χ1v) is 4.89. The summed E-state index contributed by atoms with van der Waals surface area (Å²) in [6, 6.07) is 6.22. The number of hydrogen-bond acceptors (Lipinski definition) is 1. The lowest BCUT2D eigenvalue weighted by atomic mass is 10.2. The normalized spacial score (nSPS) is 10.8. The second-order valence-electron chi connectivity index (χ2n) is 3.48. The predicted octanol–water partition coefficient (Wildman–Crippen LogP) is 2.98. The van der Waals surface area contributed by atoms with E-state index in [0.717, 1.165) is 12.3 Å². The van der Waals surface area contributed by atoms with E-state index in [-0.39, 0.29) is 0 Å². The van der Waals surface area contributed by atoms with Crippen molar-refractivity contribution in [2.45, 2.75) is 20.4 Å². The van der Waals surface area contributed by atoms with E-state index in [1.54, 1.807) is 7.11 Å². The zero-order valence-electron chi connectivity index (χ0n) is 8.87. The number of rotatable bonds is 2. The van der Waals surface area contributed by atoms with Gasteiger partial charge in [-0.15, -0.1) is 0 Å². The topological polar surface area (TPSA) is 14.2 Å². The molecule has 2 aromatic rings. The first kappa shape index (κ1) is 9.13. The molecule has 0 spiro atoms. The highest BCUT2D eigenvalue weighted by Crippen LogP contribution is 2.25. The number of aryl methyl sites for hydroxylation is 2. The summed E-state index contributed by atoms with van der Waals surface area (Å²) in [4.78, 5) is 0. The van der Waals surface area contributed by atoms with Gasteiger partial charge in [0.15, 0.2) is 0 Å². The Labute approximate surface area is 84.1 Å². The Bertz CT molecular complexity index is 457. The van der Waals surface area contributed by atoms with E-state index >= 15 is 0 Å². The van der Waals surface area contributed by atoms with E-state index in [1.165, 1.54) is 16.5 Å². The fraction of sp³-hybridized carbons (Fsp3) is 0.333. The molecule has 0 amide bonds. The van der Waals surface area contributed by atoms with E-state index in [0.29, 0.717) is 0 Å². The number of methoxy groups -OCH3 is 1. The fourth-order valence-electron chi connectivity index (χ4n) is 1.84. The maximum absolute atomic E-state index is 5.21. The van der Waals surface area contributed by atoms with Gasteiger partial charge < -0.3 is 9.30 Å². The molecule has 0 bridgehead atoms. The molecule has 0 fully saturated rings. The van der Waals surface area contributed by atoms with Gasteiger partial charge in [-0.05, 0) is 37.6 Å². The molecule has 0 atom stereocenters. The molecule has 0 radical (unpaired) electrons. The van der Waals surface area contributed by atoms with Gasteiger partial charge in [-0.3, -0.25) is 0 Å². The van der Waals surface area contributed by atoms with Crippen LogP contribution in [0.5, 0.6) is 5.75 Å². The average Bonchev–Trinajstić information content (AvgIpc) is 2.55. The average molecular weight is 189 g/mol. The number of hydrogen-bond donors (Lipinski definition) is 0. The molecule has 14 heavy (non-hydrogen) atoms.